The van der Waals surface area contributed by atoms with Gasteiger partial charge in [-0.25, -0.2) is 4.79 Å². The molecular weight excluding hydrogens is 294 g/mol. The van der Waals surface area contributed by atoms with Gasteiger partial charge in [0.2, 0.25) is 5.91 Å². The van der Waals surface area contributed by atoms with Crippen LogP contribution in [0.4, 0.5) is 0 Å². The highest BCUT2D eigenvalue weighted by atomic mass is 35.5. The van der Waals surface area contributed by atoms with E-state index < -0.39 is 22.8 Å². The van der Waals surface area contributed by atoms with Crippen LogP contribution in [0.1, 0.15) is 36.6 Å². The molecule has 0 aromatic heterocycles. The predicted octanol–water partition coefficient (Wildman–Crippen LogP) is 2.49. The quantitative estimate of drug-likeness (QED) is 0.819. The SMILES string of the molecule is COc1ccccc1C(Cl)C(=O)NC1(C(=O)O)CCCC1. The molecule has 1 aromatic carbocycles. The molecule has 2 rings (SSSR count). The molecule has 0 radical (unpaired) electrons. The van der Waals surface area contributed by atoms with Crippen LogP contribution < -0.4 is 10.1 Å². The number of methoxy groups -OCH3 is 1. The van der Waals surface area contributed by atoms with E-state index in [0.717, 1.165) is 12.8 Å². The number of alkyl halides is 1. The normalized spacial score (nSPS) is 18.0. The highest BCUT2D eigenvalue weighted by Gasteiger charge is 2.43. The lowest BCUT2D eigenvalue weighted by Crippen LogP contribution is -2.53. The molecule has 1 atom stereocenters. The minimum atomic E-state index is -1.19. The van der Waals surface area contributed by atoms with E-state index in [4.69, 9.17) is 16.3 Å². The van der Waals surface area contributed by atoms with Gasteiger partial charge < -0.3 is 15.2 Å². The van der Waals surface area contributed by atoms with Gasteiger partial charge in [-0.15, -0.1) is 11.6 Å². The van der Waals surface area contributed by atoms with E-state index in [1.165, 1.54) is 7.11 Å². The number of carboxylic acids is 1. The van der Waals surface area contributed by atoms with Crippen LogP contribution >= 0.6 is 11.6 Å². The molecule has 0 saturated heterocycles. The van der Waals surface area contributed by atoms with E-state index in [-0.39, 0.29) is 0 Å². The van der Waals surface area contributed by atoms with Gasteiger partial charge in [-0.05, 0) is 18.9 Å². The van der Waals surface area contributed by atoms with Crippen LogP contribution in [-0.2, 0) is 9.59 Å². The standard InChI is InChI=1S/C15H18ClNO4/c1-21-11-7-3-2-6-10(11)12(16)13(18)17-15(14(19)20)8-4-5-9-15/h2-3,6-7,12H,4-5,8-9H2,1H3,(H,17,18)(H,19,20). The van der Waals surface area contributed by atoms with Gasteiger partial charge in [0.1, 0.15) is 16.7 Å². The molecule has 0 bridgehead atoms. The summed E-state index contributed by atoms with van der Waals surface area (Å²) in [6.07, 6.45) is 2.44. The molecule has 2 N–H and O–H groups in total. The summed E-state index contributed by atoms with van der Waals surface area (Å²) >= 11 is 6.20. The zero-order chi connectivity index (χ0) is 15.5. The molecule has 1 saturated carbocycles. The fraction of sp³-hybridized carbons (Fsp3) is 0.467. The van der Waals surface area contributed by atoms with Crippen LogP contribution in [0.3, 0.4) is 0 Å². The Balaban J connectivity index is 2.17. The molecule has 1 aliphatic rings. The second-order valence-corrected chi connectivity index (χ2v) is 5.62. The Morgan fingerprint density at radius 2 is 1.95 bits per heavy atom. The molecule has 5 nitrogen and oxygen atoms in total. The maximum Gasteiger partial charge on any atom is 0.329 e. The van der Waals surface area contributed by atoms with Crippen molar-refractivity contribution in [1.82, 2.24) is 5.32 Å². The van der Waals surface area contributed by atoms with Gasteiger partial charge in [0, 0.05) is 5.56 Å². The minimum Gasteiger partial charge on any atom is -0.496 e. The van der Waals surface area contributed by atoms with E-state index in [2.05, 4.69) is 5.32 Å². The van der Waals surface area contributed by atoms with Gasteiger partial charge in [-0.2, -0.15) is 0 Å². The first-order chi connectivity index (χ1) is 10.00. The predicted molar refractivity (Wildman–Crippen MR) is 78.6 cm³/mol. The average molecular weight is 312 g/mol. The zero-order valence-electron chi connectivity index (χ0n) is 11.8. The first-order valence-corrected chi connectivity index (χ1v) is 7.26. The zero-order valence-corrected chi connectivity index (χ0v) is 12.5. The average Bonchev–Trinajstić information content (AvgIpc) is 2.96. The number of rotatable bonds is 5. The number of carboxylic acid groups (broad SMARTS) is 1. The Hall–Kier alpha value is -1.75. The summed E-state index contributed by atoms with van der Waals surface area (Å²) < 4.78 is 5.18. The first kappa shape index (κ1) is 15.6. The maximum absolute atomic E-state index is 12.3. The Morgan fingerprint density at radius 1 is 1.33 bits per heavy atom. The molecule has 1 amide bonds. The van der Waals surface area contributed by atoms with Gasteiger partial charge in [-0.3, -0.25) is 4.79 Å². The number of ether oxygens (including phenoxy) is 1. The second-order valence-electron chi connectivity index (χ2n) is 5.19. The van der Waals surface area contributed by atoms with Crippen LogP contribution in [0, 0.1) is 0 Å². The monoisotopic (exact) mass is 311 g/mol. The topological polar surface area (TPSA) is 75.6 Å². The first-order valence-electron chi connectivity index (χ1n) is 6.82. The Kier molecular flexibility index (Phi) is 4.73. The molecule has 0 aliphatic heterocycles. The van der Waals surface area contributed by atoms with Gasteiger partial charge >= 0.3 is 5.97 Å². The molecule has 6 heteroatoms. The van der Waals surface area contributed by atoms with Crippen molar-refractivity contribution in [3.8, 4) is 5.75 Å². The number of aliphatic carboxylic acids is 1. The highest BCUT2D eigenvalue weighted by Crippen LogP contribution is 2.33. The number of nitrogens with one attached hydrogen (secondary N) is 1. The Labute approximate surface area is 128 Å². The van der Waals surface area contributed by atoms with Crippen molar-refractivity contribution in [2.75, 3.05) is 7.11 Å². The molecule has 1 aromatic rings. The Bertz CT molecular complexity index is 540. The van der Waals surface area contributed by atoms with Crippen molar-refractivity contribution in [1.29, 1.82) is 0 Å². The van der Waals surface area contributed by atoms with Gasteiger partial charge in [0.15, 0.2) is 0 Å². The second kappa shape index (κ2) is 6.35. The third kappa shape index (κ3) is 3.13. The van der Waals surface area contributed by atoms with Crippen molar-refractivity contribution in [2.24, 2.45) is 0 Å². The number of carbonyl (C=O) groups is 2. The van der Waals surface area contributed by atoms with Gasteiger partial charge in [-0.1, -0.05) is 31.0 Å². The van der Waals surface area contributed by atoms with Crippen LogP contribution in [0.5, 0.6) is 5.75 Å². The summed E-state index contributed by atoms with van der Waals surface area (Å²) in [4.78, 5) is 23.8. The van der Waals surface area contributed by atoms with Crippen LogP contribution in [-0.4, -0.2) is 29.6 Å². The van der Waals surface area contributed by atoms with E-state index in [0.29, 0.717) is 24.2 Å². The third-order valence-electron chi connectivity index (χ3n) is 3.87. The smallest absolute Gasteiger partial charge is 0.329 e. The van der Waals surface area contributed by atoms with Crippen molar-refractivity contribution < 1.29 is 19.4 Å². The molecule has 0 heterocycles. The number of para-hydroxylation sites is 1. The fourth-order valence-electron chi connectivity index (χ4n) is 2.69. The summed E-state index contributed by atoms with van der Waals surface area (Å²) in [5.41, 5.74) is -0.663. The molecule has 0 spiro atoms. The van der Waals surface area contributed by atoms with Crippen LogP contribution in [0.15, 0.2) is 24.3 Å². The van der Waals surface area contributed by atoms with Crippen LogP contribution in [0.25, 0.3) is 0 Å². The van der Waals surface area contributed by atoms with Gasteiger partial charge in [0.25, 0.3) is 0 Å². The number of hydrogen-bond acceptors (Lipinski definition) is 3. The highest BCUT2D eigenvalue weighted by molar-refractivity contribution is 6.31. The largest absolute Gasteiger partial charge is 0.496 e. The number of halogens is 1. The number of benzene rings is 1. The molecule has 1 unspecified atom stereocenters. The Morgan fingerprint density at radius 3 is 2.52 bits per heavy atom. The molecule has 1 fully saturated rings. The number of amides is 1. The fourth-order valence-corrected chi connectivity index (χ4v) is 2.92. The van der Waals surface area contributed by atoms with Crippen molar-refractivity contribution >= 4 is 23.5 Å². The third-order valence-corrected chi connectivity index (χ3v) is 4.30. The lowest BCUT2D eigenvalue weighted by atomic mass is 9.97. The summed E-state index contributed by atoms with van der Waals surface area (Å²) in [7, 11) is 1.50. The molecule has 1 aliphatic carbocycles. The van der Waals surface area contributed by atoms with E-state index in [1.54, 1.807) is 24.3 Å². The summed E-state index contributed by atoms with van der Waals surface area (Å²) in [6, 6.07) is 6.93. The molecular formula is C15H18ClNO4. The summed E-state index contributed by atoms with van der Waals surface area (Å²) in [6.45, 7) is 0. The van der Waals surface area contributed by atoms with Crippen molar-refractivity contribution in [2.45, 2.75) is 36.6 Å². The lowest BCUT2D eigenvalue weighted by molar-refractivity contribution is -0.147. The van der Waals surface area contributed by atoms with Crippen LogP contribution in [0.2, 0.25) is 0 Å². The molecule has 21 heavy (non-hydrogen) atoms. The van der Waals surface area contributed by atoms with E-state index in [1.807, 2.05) is 0 Å². The van der Waals surface area contributed by atoms with Crippen molar-refractivity contribution in [3.05, 3.63) is 29.8 Å². The number of carbonyl (C=O) groups excluding carboxylic acids is 1. The van der Waals surface area contributed by atoms with E-state index >= 15 is 0 Å². The van der Waals surface area contributed by atoms with E-state index in [9.17, 15) is 14.7 Å². The molecule has 114 valence electrons. The lowest BCUT2D eigenvalue weighted by Gasteiger charge is -2.26. The van der Waals surface area contributed by atoms with Gasteiger partial charge in [0.05, 0.1) is 7.11 Å². The van der Waals surface area contributed by atoms with Crippen molar-refractivity contribution in [3.63, 3.8) is 0 Å². The summed E-state index contributed by atoms with van der Waals surface area (Å²) in [5.74, 6) is -1.01. The number of hydrogen-bond donors (Lipinski definition) is 2. The minimum absolute atomic E-state index is 0.434. The summed E-state index contributed by atoms with van der Waals surface area (Å²) in [5, 5.41) is 11.0. The maximum atomic E-state index is 12.3.